The van der Waals surface area contributed by atoms with Gasteiger partial charge in [-0.3, -0.25) is 9.89 Å². The first-order chi connectivity index (χ1) is 11.7. The minimum absolute atomic E-state index is 0. The van der Waals surface area contributed by atoms with E-state index in [1.807, 2.05) is 12.3 Å². The standard InChI is InChI=1S/C18H26FN5.HI/c1-2-24-9-3-4-15(24)12-23-18(20)21-8-7-13-11-22-17-10-14(19)5-6-16(13)17;/h5-6,10-11,15,22H,2-4,7-9,12H2,1H3,(H3,20,21,23);1H. The highest BCUT2D eigenvalue weighted by molar-refractivity contribution is 14.0. The van der Waals surface area contributed by atoms with Gasteiger partial charge in [0.2, 0.25) is 0 Å². The third kappa shape index (κ3) is 5.07. The lowest BCUT2D eigenvalue weighted by Gasteiger charge is -2.20. The minimum Gasteiger partial charge on any atom is -0.370 e. The van der Waals surface area contributed by atoms with Gasteiger partial charge in [-0.2, -0.15) is 0 Å². The molecule has 0 radical (unpaired) electrons. The van der Waals surface area contributed by atoms with Crippen molar-refractivity contribution in [1.82, 2.24) is 15.2 Å². The van der Waals surface area contributed by atoms with Crippen molar-refractivity contribution in [3.05, 3.63) is 35.8 Å². The zero-order valence-electron chi connectivity index (χ0n) is 14.6. The van der Waals surface area contributed by atoms with Gasteiger partial charge >= 0.3 is 0 Å². The van der Waals surface area contributed by atoms with E-state index in [1.54, 1.807) is 0 Å². The van der Waals surface area contributed by atoms with Gasteiger partial charge < -0.3 is 16.0 Å². The largest absolute Gasteiger partial charge is 0.370 e. The third-order valence-corrected chi connectivity index (χ3v) is 4.81. The molecule has 0 saturated carbocycles. The van der Waals surface area contributed by atoms with Gasteiger partial charge in [-0.1, -0.05) is 6.92 Å². The van der Waals surface area contributed by atoms with Crippen molar-refractivity contribution < 1.29 is 4.39 Å². The van der Waals surface area contributed by atoms with E-state index in [1.165, 1.54) is 31.5 Å². The first kappa shape index (κ1) is 20.0. The summed E-state index contributed by atoms with van der Waals surface area (Å²) in [4.78, 5) is 10.0. The van der Waals surface area contributed by atoms with Crippen LogP contribution in [0, 0.1) is 5.82 Å². The molecule has 1 unspecified atom stereocenters. The number of benzene rings is 1. The van der Waals surface area contributed by atoms with Crippen LogP contribution in [0.25, 0.3) is 10.9 Å². The molecule has 7 heteroatoms. The Morgan fingerprint density at radius 1 is 1.48 bits per heavy atom. The molecule has 1 atom stereocenters. The number of aromatic amines is 1. The summed E-state index contributed by atoms with van der Waals surface area (Å²) in [6.07, 6.45) is 5.20. The first-order valence-electron chi connectivity index (χ1n) is 8.70. The van der Waals surface area contributed by atoms with Gasteiger partial charge in [0.15, 0.2) is 5.96 Å². The van der Waals surface area contributed by atoms with Crippen LogP contribution in [-0.2, 0) is 6.42 Å². The number of fused-ring (bicyclic) bond motifs is 1. The maximum atomic E-state index is 13.2. The lowest BCUT2D eigenvalue weighted by Crippen LogP contribution is -2.36. The predicted octanol–water partition coefficient (Wildman–Crippen LogP) is 2.86. The fourth-order valence-corrected chi connectivity index (χ4v) is 3.47. The van der Waals surface area contributed by atoms with E-state index in [-0.39, 0.29) is 29.8 Å². The number of nitrogens with zero attached hydrogens (tertiary/aromatic N) is 2. The van der Waals surface area contributed by atoms with Gasteiger partial charge in [0.25, 0.3) is 0 Å². The number of halogens is 2. The van der Waals surface area contributed by atoms with Crippen molar-refractivity contribution in [1.29, 1.82) is 0 Å². The smallest absolute Gasteiger partial charge is 0.188 e. The van der Waals surface area contributed by atoms with E-state index in [0.29, 0.717) is 18.5 Å². The van der Waals surface area contributed by atoms with Crippen LogP contribution < -0.4 is 11.1 Å². The van der Waals surface area contributed by atoms with E-state index < -0.39 is 0 Å². The highest BCUT2D eigenvalue weighted by Crippen LogP contribution is 2.19. The summed E-state index contributed by atoms with van der Waals surface area (Å²) in [6, 6.07) is 5.35. The van der Waals surface area contributed by atoms with Crippen molar-refractivity contribution >= 4 is 40.8 Å². The van der Waals surface area contributed by atoms with Crippen molar-refractivity contribution in [3.63, 3.8) is 0 Å². The van der Waals surface area contributed by atoms with Gasteiger partial charge in [-0.25, -0.2) is 4.39 Å². The second-order valence-corrected chi connectivity index (χ2v) is 6.33. The Kier molecular flexibility index (Phi) is 7.49. The number of guanidine groups is 1. The van der Waals surface area contributed by atoms with Gasteiger partial charge in [0.05, 0.1) is 6.54 Å². The van der Waals surface area contributed by atoms with E-state index in [2.05, 4.69) is 27.1 Å². The Morgan fingerprint density at radius 3 is 3.12 bits per heavy atom. The van der Waals surface area contributed by atoms with Crippen LogP contribution in [0.2, 0.25) is 0 Å². The molecule has 2 aromatic rings. The molecular weight excluding hydrogens is 432 g/mol. The van der Waals surface area contributed by atoms with Crippen molar-refractivity contribution in [3.8, 4) is 0 Å². The summed E-state index contributed by atoms with van der Waals surface area (Å²) in [7, 11) is 0. The highest BCUT2D eigenvalue weighted by Gasteiger charge is 2.22. The monoisotopic (exact) mass is 459 g/mol. The lowest BCUT2D eigenvalue weighted by molar-refractivity contribution is 0.273. The number of hydrogen-bond donors (Lipinski definition) is 3. The van der Waals surface area contributed by atoms with Crippen LogP contribution in [0.1, 0.15) is 25.3 Å². The molecule has 0 spiro atoms. The molecule has 0 amide bonds. The Morgan fingerprint density at radius 2 is 2.32 bits per heavy atom. The van der Waals surface area contributed by atoms with E-state index in [0.717, 1.165) is 36.0 Å². The van der Waals surface area contributed by atoms with Crippen LogP contribution in [0.15, 0.2) is 29.4 Å². The summed E-state index contributed by atoms with van der Waals surface area (Å²) in [5.74, 6) is 0.280. The normalized spacial score (nSPS) is 18.5. The second-order valence-electron chi connectivity index (χ2n) is 6.33. The second kappa shape index (κ2) is 9.38. The number of likely N-dealkylation sites (tertiary alicyclic amines) is 1. The lowest BCUT2D eigenvalue weighted by atomic mass is 10.1. The summed E-state index contributed by atoms with van der Waals surface area (Å²) in [5.41, 5.74) is 7.95. The maximum Gasteiger partial charge on any atom is 0.188 e. The SMILES string of the molecule is CCN1CCCC1CN=C(N)NCCc1c[nH]c2cc(F)ccc12.I. The van der Waals surface area contributed by atoms with Crippen LogP contribution in [0.5, 0.6) is 0 Å². The fraction of sp³-hybridized carbons (Fsp3) is 0.500. The predicted molar refractivity (Wildman–Crippen MR) is 112 cm³/mol. The topological polar surface area (TPSA) is 69.4 Å². The number of nitrogens with one attached hydrogen (secondary N) is 2. The van der Waals surface area contributed by atoms with Gasteiger partial charge in [-0.15, -0.1) is 24.0 Å². The molecule has 1 fully saturated rings. The van der Waals surface area contributed by atoms with Crippen molar-refractivity contribution in [2.75, 3.05) is 26.2 Å². The average Bonchev–Trinajstić information content (AvgIpc) is 3.19. The first-order valence-corrected chi connectivity index (χ1v) is 8.70. The number of H-pyrrole nitrogens is 1. The molecular formula is C18H27FIN5. The zero-order chi connectivity index (χ0) is 16.9. The highest BCUT2D eigenvalue weighted by atomic mass is 127. The quantitative estimate of drug-likeness (QED) is 0.354. The number of nitrogens with two attached hydrogens (primary N) is 1. The van der Waals surface area contributed by atoms with E-state index >= 15 is 0 Å². The molecule has 0 bridgehead atoms. The number of likely N-dealkylation sites (N-methyl/N-ethyl adjacent to an activating group) is 1. The third-order valence-electron chi connectivity index (χ3n) is 4.81. The molecule has 5 nitrogen and oxygen atoms in total. The molecule has 2 heterocycles. The molecule has 3 rings (SSSR count). The van der Waals surface area contributed by atoms with E-state index in [4.69, 9.17) is 5.73 Å². The summed E-state index contributed by atoms with van der Waals surface area (Å²) in [5, 5.41) is 4.23. The van der Waals surface area contributed by atoms with E-state index in [9.17, 15) is 4.39 Å². The van der Waals surface area contributed by atoms with Crippen molar-refractivity contribution in [2.24, 2.45) is 10.7 Å². The summed E-state index contributed by atoms with van der Waals surface area (Å²) >= 11 is 0. The molecule has 1 aliphatic rings. The molecule has 1 saturated heterocycles. The summed E-state index contributed by atoms with van der Waals surface area (Å²) < 4.78 is 13.2. The number of rotatable bonds is 6. The zero-order valence-corrected chi connectivity index (χ0v) is 16.9. The van der Waals surface area contributed by atoms with Gasteiger partial charge in [0.1, 0.15) is 5.82 Å². The molecule has 138 valence electrons. The minimum atomic E-state index is -0.224. The molecule has 1 aromatic heterocycles. The van der Waals surface area contributed by atoms with Crippen LogP contribution in [-0.4, -0.2) is 48.1 Å². The van der Waals surface area contributed by atoms with Crippen LogP contribution >= 0.6 is 24.0 Å². The Bertz CT molecular complexity index is 715. The van der Waals surface area contributed by atoms with Crippen LogP contribution in [0.3, 0.4) is 0 Å². The molecule has 1 aromatic carbocycles. The number of aromatic nitrogens is 1. The number of hydrogen-bond acceptors (Lipinski definition) is 2. The molecule has 1 aliphatic heterocycles. The Balaban J connectivity index is 0.00000225. The fourth-order valence-electron chi connectivity index (χ4n) is 3.47. The summed E-state index contributed by atoms with van der Waals surface area (Å²) in [6.45, 7) is 5.91. The molecule has 0 aliphatic carbocycles. The number of aliphatic imine (C=N–C) groups is 1. The average molecular weight is 459 g/mol. The molecule has 25 heavy (non-hydrogen) atoms. The Hall–Kier alpha value is -1.35. The Labute approximate surface area is 165 Å². The van der Waals surface area contributed by atoms with Crippen LogP contribution in [0.4, 0.5) is 4.39 Å². The van der Waals surface area contributed by atoms with Gasteiger partial charge in [0, 0.05) is 29.7 Å². The maximum absolute atomic E-state index is 13.2. The van der Waals surface area contributed by atoms with Crippen molar-refractivity contribution in [2.45, 2.75) is 32.2 Å². The van der Waals surface area contributed by atoms with Gasteiger partial charge in [-0.05, 0) is 56.1 Å². The molecule has 4 N–H and O–H groups in total.